The number of hydrogen-bond donors (Lipinski definition) is 1. The maximum absolute atomic E-state index is 11.3. The number of ether oxygens (including phenoxy) is 1. The van der Waals surface area contributed by atoms with Gasteiger partial charge in [0.1, 0.15) is 0 Å². The average Bonchev–Trinajstić information content (AvgIpc) is 2.38. The Kier molecular flexibility index (Phi) is 3.86. The lowest BCUT2D eigenvalue weighted by Gasteiger charge is -2.30. The van der Waals surface area contributed by atoms with Crippen molar-refractivity contribution >= 4 is 23.3 Å². The van der Waals surface area contributed by atoms with E-state index in [1.54, 1.807) is 12.1 Å². The molecule has 2 rings (SSSR count). The molecule has 0 aromatic heterocycles. The maximum Gasteiger partial charge on any atom is 0.337 e. The van der Waals surface area contributed by atoms with Crippen LogP contribution in [0, 0.1) is 0 Å². The molecule has 92 valence electrons. The summed E-state index contributed by atoms with van der Waals surface area (Å²) in [5, 5.41) is 3.88. The molecule has 5 heteroatoms. The minimum absolute atomic E-state index is 0.362. The minimum Gasteiger partial charge on any atom is -0.465 e. The molecule has 1 aliphatic rings. The molecule has 0 unspecified atom stereocenters. The number of piperazine rings is 1. The standard InChI is InChI=1S/C12H15ClN2O2/c1-17-12(16)9-2-3-11(10(13)8-9)15-6-4-14-5-7-15/h2-3,8,14H,4-7H2,1H3. The lowest BCUT2D eigenvalue weighted by molar-refractivity contribution is 0.0601. The van der Waals surface area contributed by atoms with Crippen LogP contribution < -0.4 is 10.2 Å². The molecule has 1 aromatic carbocycles. The van der Waals surface area contributed by atoms with E-state index in [1.807, 2.05) is 6.07 Å². The first-order valence-electron chi connectivity index (χ1n) is 5.56. The van der Waals surface area contributed by atoms with Crippen LogP contribution in [0.5, 0.6) is 0 Å². The van der Waals surface area contributed by atoms with Gasteiger partial charge < -0.3 is 15.0 Å². The Labute approximate surface area is 106 Å². The summed E-state index contributed by atoms with van der Waals surface area (Å²) >= 11 is 6.19. The summed E-state index contributed by atoms with van der Waals surface area (Å²) in [5.74, 6) is -0.362. The van der Waals surface area contributed by atoms with Crippen molar-refractivity contribution in [3.05, 3.63) is 28.8 Å². The number of halogens is 1. The molecule has 1 saturated heterocycles. The monoisotopic (exact) mass is 254 g/mol. The van der Waals surface area contributed by atoms with Gasteiger partial charge in [-0.3, -0.25) is 0 Å². The molecule has 1 aromatic rings. The lowest BCUT2D eigenvalue weighted by Crippen LogP contribution is -2.43. The summed E-state index contributed by atoms with van der Waals surface area (Å²) in [6, 6.07) is 5.28. The van der Waals surface area contributed by atoms with Gasteiger partial charge in [-0.05, 0) is 18.2 Å². The molecular weight excluding hydrogens is 240 g/mol. The van der Waals surface area contributed by atoms with E-state index in [-0.39, 0.29) is 5.97 Å². The number of nitrogens with zero attached hydrogens (tertiary/aromatic N) is 1. The van der Waals surface area contributed by atoms with Crippen LogP contribution in [0.2, 0.25) is 5.02 Å². The zero-order valence-corrected chi connectivity index (χ0v) is 10.5. The van der Waals surface area contributed by atoms with Crippen LogP contribution in [0.3, 0.4) is 0 Å². The molecule has 1 N–H and O–H groups in total. The fraction of sp³-hybridized carbons (Fsp3) is 0.417. The summed E-state index contributed by atoms with van der Waals surface area (Å²) in [6.45, 7) is 3.76. The molecule has 0 saturated carbocycles. The fourth-order valence-corrected chi connectivity index (χ4v) is 2.21. The van der Waals surface area contributed by atoms with Gasteiger partial charge in [-0.15, -0.1) is 0 Å². The number of methoxy groups -OCH3 is 1. The van der Waals surface area contributed by atoms with Gasteiger partial charge in [0, 0.05) is 26.2 Å². The highest BCUT2D eigenvalue weighted by atomic mass is 35.5. The summed E-state index contributed by atoms with van der Waals surface area (Å²) in [6.07, 6.45) is 0. The van der Waals surface area contributed by atoms with Gasteiger partial charge >= 0.3 is 5.97 Å². The van der Waals surface area contributed by atoms with E-state index in [4.69, 9.17) is 11.6 Å². The van der Waals surface area contributed by atoms with Gasteiger partial charge in [-0.25, -0.2) is 4.79 Å². The van der Waals surface area contributed by atoms with Crippen LogP contribution in [-0.4, -0.2) is 39.3 Å². The molecule has 0 spiro atoms. The summed E-state index contributed by atoms with van der Waals surface area (Å²) in [4.78, 5) is 13.6. The molecule has 4 nitrogen and oxygen atoms in total. The van der Waals surface area contributed by atoms with Crippen molar-refractivity contribution in [3.63, 3.8) is 0 Å². The number of carbonyl (C=O) groups is 1. The quantitative estimate of drug-likeness (QED) is 0.813. The molecule has 0 amide bonds. The summed E-state index contributed by atoms with van der Waals surface area (Å²) < 4.78 is 4.66. The van der Waals surface area contributed by atoms with Crippen molar-refractivity contribution in [1.29, 1.82) is 0 Å². The zero-order chi connectivity index (χ0) is 12.3. The normalized spacial score (nSPS) is 15.8. The van der Waals surface area contributed by atoms with Crippen LogP contribution in [-0.2, 0) is 4.74 Å². The lowest BCUT2D eigenvalue weighted by atomic mass is 10.2. The van der Waals surface area contributed by atoms with E-state index in [2.05, 4.69) is 15.0 Å². The number of hydrogen-bond acceptors (Lipinski definition) is 4. The molecule has 0 radical (unpaired) electrons. The first-order valence-corrected chi connectivity index (χ1v) is 5.93. The Bertz CT molecular complexity index is 417. The van der Waals surface area contributed by atoms with E-state index in [0.29, 0.717) is 10.6 Å². The third-order valence-corrected chi connectivity index (χ3v) is 3.13. The molecule has 1 heterocycles. The number of nitrogens with one attached hydrogen (secondary N) is 1. The van der Waals surface area contributed by atoms with Crippen molar-refractivity contribution in [2.45, 2.75) is 0 Å². The highest BCUT2D eigenvalue weighted by Gasteiger charge is 2.15. The van der Waals surface area contributed by atoms with Gasteiger partial charge in [-0.1, -0.05) is 11.6 Å². The molecule has 17 heavy (non-hydrogen) atoms. The van der Waals surface area contributed by atoms with Crippen molar-refractivity contribution in [2.75, 3.05) is 38.2 Å². The van der Waals surface area contributed by atoms with Crippen molar-refractivity contribution in [1.82, 2.24) is 5.32 Å². The number of benzene rings is 1. The second-order valence-corrected chi connectivity index (χ2v) is 4.30. The van der Waals surface area contributed by atoms with E-state index in [0.717, 1.165) is 31.9 Å². The van der Waals surface area contributed by atoms with Crippen molar-refractivity contribution in [2.24, 2.45) is 0 Å². The van der Waals surface area contributed by atoms with E-state index >= 15 is 0 Å². The van der Waals surface area contributed by atoms with Crippen LogP contribution in [0.4, 0.5) is 5.69 Å². The van der Waals surface area contributed by atoms with Gasteiger partial charge in [0.05, 0.1) is 23.4 Å². The molecule has 0 bridgehead atoms. The van der Waals surface area contributed by atoms with Crippen LogP contribution >= 0.6 is 11.6 Å². The Balaban J connectivity index is 2.21. The first-order chi connectivity index (χ1) is 8.22. The number of anilines is 1. The minimum atomic E-state index is -0.362. The largest absolute Gasteiger partial charge is 0.465 e. The molecule has 0 aliphatic carbocycles. The topological polar surface area (TPSA) is 41.6 Å². The predicted molar refractivity (Wildman–Crippen MR) is 67.9 cm³/mol. The second-order valence-electron chi connectivity index (χ2n) is 3.89. The van der Waals surface area contributed by atoms with E-state index in [9.17, 15) is 4.79 Å². The Morgan fingerprint density at radius 3 is 2.71 bits per heavy atom. The summed E-state index contributed by atoms with van der Waals surface area (Å²) in [7, 11) is 1.36. The van der Waals surface area contributed by atoms with Gasteiger partial charge in [0.15, 0.2) is 0 Å². The number of rotatable bonds is 2. The van der Waals surface area contributed by atoms with Crippen molar-refractivity contribution < 1.29 is 9.53 Å². The number of carbonyl (C=O) groups excluding carboxylic acids is 1. The number of esters is 1. The van der Waals surface area contributed by atoms with Gasteiger partial charge in [0.2, 0.25) is 0 Å². The SMILES string of the molecule is COC(=O)c1ccc(N2CCNCC2)c(Cl)c1. The third kappa shape index (κ3) is 2.70. The zero-order valence-electron chi connectivity index (χ0n) is 9.70. The first kappa shape index (κ1) is 12.2. The smallest absolute Gasteiger partial charge is 0.337 e. The summed E-state index contributed by atoms with van der Waals surface area (Å²) in [5.41, 5.74) is 1.46. The Morgan fingerprint density at radius 2 is 2.12 bits per heavy atom. The molecule has 0 atom stereocenters. The Hall–Kier alpha value is -1.26. The fourth-order valence-electron chi connectivity index (χ4n) is 1.91. The predicted octanol–water partition coefficient (Wildman–Crippen LogP) is 1.54. The highest BCUT2D eigenvalue weighted by Crippen LogP contribution is 2.27. The van der Waals surface area contributed by atoms with Crippen LogP contribution in [0.25, 0.3) is 0 Å². The maximum atomic E-state index is 11.3. The van der Waals surface area contributed by atoms with Crippen LogP contribution in [0.15, 0.2) is 18.2 Å². The van der Waals surface area contributed by atoms with Crippen LogP contribution in [0.1, 0.15) is 10.4 Å². The molecule has 1 aliphatic heterocycles. The van der Waals surface area contributed by atoms with Gasteiger partial charge in [-0.2, -0.15) is 0 Å². The van der Waals surface area contributed by atoms with E-state index < -0.39 is 0 Å². The highest BCUT2D eigenvalue weighted by molar-refractivity contribution is 6.33. The molecular formula is C12H15ClN2O2. The van der Waals surface area contributed by atoms with E-state index in [1.165, 1.54) is 7.11 Å². The third-order valence-electron chi connectivity index (χ3n) is 2.83. The van der Waals surface area contributed by atoms with Gasteiger partial charge in [0.25, 0.3) is 0 Å². The molecule has 1 fully saturated rings. The Morgan fingerprint density at radius 1 is 1.41 bits per heavy atom. The second kappa shape index (κ2) is 5.38. The van der Waals surface area contributed by atoms with Crippen molar-refractivity contribution in [3.8, 4) is 0 Å². The average molecular weight is 255 g/mol.